The third-order valence-corrected chi connectivity index (χ3v) is 3.84. The lowest BCUT2D eigenvalue weighted by atomic mass is 9.94. The van der Waals surface area contributed by atoms with E-state index in [1.165, 1.54) is 27.9 Å². The van der Waals surface area contributed by atoms with Gasteiger partial charge in [0.15, 0.2) is 0 Å². The lowest BCUT2D eigenvalue weighted by Gasteiger charge is -2.23. The van der Waals surface area contributed by atoms with Gasteiger partial charge in [0.2, 0.25) is 0 Å². The van der Waals surface area contributed by atoms with Crippen molar-refractivity contribution in [3.8, 4) is 11.1 Å². The molecule has 0 aromatic heterocycles. The monoisotopic (exact) mass is 264 g/mol. The molecule has 3 rings (SSSR count). The second-order valence-electron chi connectivity index (χ2n) is 5.45. The van der Waals surface area contributed by atoms with E-state index < -0.39 is 0 Å². The molecule has 0 fully saturated rings. The van der Waals surface area contributed by atoms with Crippen molar-refractivity contribution < 1.29 is 0 Å². The zero-order valence-corrected chi connectivity index (χ0v) is 12.3. The molecule has 0 aliphatic carbocycles. The van der Waals surface area contributed by atoms with Crippen molar-refractivity contribution in [2.24, 2.45) is 0 Å². The van der Waals surface area contributed by atoms with Gasteiger partial charge in [-0.15, -0.1) is 0 Å². The fourth-order valence-electron chi connectivity index (χ4n) is 2.86. The topological polar surface area (TPSA) is 6.48 Å². The largest absolute Gasteiger partial charge is 0.361 e. The number of hydrogen-bond donors (Lipinski definition) is 0. The van der Waals surface area contributed by atoms with E-state index in [-0.39, 0.29) is 0 Å². The highest BCUT2D eigenvalue weighted by atomic mass is 15.3. The fraction of sp³-hybridized carbons (Fsp3) is 0.222. The molecule has 102 valence electrons. The van der Waals surface area contributed by atoms with Gasteiger partial charge in [0, 0.05) is 25.0 Å². The maximum absolute atomic E-state index is 2.29. The number of rotatable bonds is 2. The Morgan fingerprint density at radius 3 is 2.20 bits per heavy atom. The average molecular weight is 264 g/mol. The molecule has 0 radical (unpaired) electrons. The van der Waals surface area contributed by atoms with Crippen molar-refractivity contribution in [2.75, 3.05) is 18.6 Å². The Kier molecular flexibility index (Phi) is 3.23. The lowest BCUT2D eigenvalue weighted by Crippen LogP contribution is -2.22. The molecule has 20 heavy (non-hydrogen) atoms. The van der Waals surface area contributed by atoms with Crippen LogP contribution in [-0.2, 0) is 0 Å². The SMILES string of the molecule is Cc1cccc(C)c1-c1ccccc1N1C=CN(C)C1. The summed E-state index contributed by atoms with van der Waals surface area (Å²) in [6.07, 6.45) is 4.26. The van der Waals surface area contributed by atoms with Crippen LogP contribution in [0.4, 0.5) is 5.69 Å². The highest BCUT2D eigenvalue weighted by molar-refractivity contribution is 5.83. The van der Waals surface area contributed by atoms with Crippen LogP contribution in [0.5, 0.6) is 0 Å². The van der Waals surface area contributed by atoms with Crippen LogP contribution >= 0.6 is 0 Å². The summed E-state index contributed by atoms with van der Waals surface area (Å²) in [5.41, 5.74) is 6.59. The smallest absolute Gasteiger partial charge is 0.0939 e. The Bertz CT molecular complexity index is 638. The minimum absolute atomic E-state index is 0.905. The van der Waals surface area contributed by atoms with Crippen molar-refractivity contribution in [3.05, 3.63) is 66.0 Å². The predicted molar refractivity (Wildman–Crippen MR) is 85.6 cm³/mol. The van der Waals surface area contributed by atoms with Crippen LogP contribution in [0.2, 0.25) is 0 Å². The molecule has 2 nitrogen and oxygen atoms in total. The molecule has 0 atom stereocenters. The van der Waals surface area contributed by atoms with Gasteiger partial charge in [0.25, 0.3) is 0 Å². The Morgan fingerprint density at radius 2 is 1.55 bits per heavy atom. The van der Waals surface area contributed by atoms with Gasteiger partial charge in [-0.1, -0.05) is 36.4 Å². The van der Waals surface area contributed by atoms with Gasteiger partial charge in [0.05, 0.1) is 12.4 Å². The summed E-state index contributed by atoms with van der Waals surface area (Å²) in [5, 5.41) is 0. The predicted octanol–water partition coefficient (Wildman–Crippen LogP) is 4.15. The minimum atomic E-state index is 0.905. The van der Waals surface area contributed by atoms with E-state index in [9.17, 15) is 0 Å². The summed E-state index contributed by atoms with van der Waals surface area (Å²) >= 11 is 0. The molecule has 0 unspecified atom stereocenters. The van der Waals surface area contributed by atoms with Gasteiger partial charge in [0.1, 0.15) is 0 Å². The lowest BCUT2D eigenvalue weighted by molar-refractivity contribution is 0.496. The normalized spacial score (nSPS) is 14.2. The molecular weight excluding hydrogens is 244 g/mol. The number of hydrogen-bond acceptors (Lipinski definition) is 2. The Hall–Kier alpha value is -2.22. The van der Waals surface area contributed by atoms with Gasteiger partial charge >= 0.3 is 0 Å². The van der Waals surface area contributed by atoms with Crippen molar-refractivity contribution in [1.29, 1.82) is 0 Å². The van der Waals surface area contributed by atoms with E-state index in [0.29, 0.717) is 0 Å². The molecule has 0 saturated heterocycles. The van der Waals surface area contributed by atoms with Crippen LogP contribution < -0.4 is 4.90 Å². The van der Waals surface area contributed by atoms with E-state index in [1.54, 1.807) is 0 Å². The van der Waals surface area contributed by atoms with Gasteiger partial charge in [-0.05, 0) is 36.6 Å². The highest BCUT2D eigenvalue weighted by Crippen LogP contribution is 2.35. The molecule has 2 heteroatoms. The Balaban J connectivity index is 2.13. The molecule has 1 aliphatic rings. The van der Waals surface area contributed by atoms with Crippen LogP contribution in [0.25, 0.3) is 11.1 Å². The van der Waals surface area contributed by atoms with Crippen molar-refractivity contribution in [1.82, 2.24) is 4.90 Å². The Morgan fingerprint density at radius 1 is 0.850 bits per heavy atom. The quantitative estimate of drug-likeness (QED) is 0.804. The Labute approximate surface area is 121 Å². The van der Waals surface area contributed by atoms with Gasteiger partial charge < -0.3 is 9.80 Å². The molecule has 2 aromatic carbocycles. The maximum atomic E-state index is 2.29. The number of nitrogens with zero attached hydrogens (tertiary/aromatic N) is 2. The van der Waals surface area contributed by atoms with Crippen molar-refractivity contribution in [2.45, 2.75) is 13.8 Å². The molecule has 0 amide bonds. The standard InChI is InChI=1S/C18H20N2/c1-14-7-6-8-15(2)18(14)16-9-4-5-10-17(16)20-12-11-19(3)13-20/h4-12H,13H2,1-3H3. The maximum Gasteiger partial charge on any atom is 0.0939 e. The van der Waals surface area contributed by atoms with E-state index in [1.807, 2.05) is 0 Å². The van der Waals surface area contributed by atoms with E-state index >= 15 is 0 Å². The summed E-state index contributed by atoms with van der Waals surface area (Å²) < 4.78 is 0. The first-order valence-corrected chi connectivity index (χ1v) is 6.97. The highest BCUT2D eigenvalue weighted by Gasteiger charge is 2.16. The third-order valence-electron chi connectivity index (χ3n) is 3.84. The van der Waals surface area contributed by atoms with Gasteiger partial charge in [-0.25, -0.2) is 0 Å². The number of para-hydroxylation sites is 1. The zero-order valence-electron chi connectivity index (χ0n) is 12.3. The molecule has 0 saturated carbocycles. The van der Waals surface area contributed by atoms with Gasteiger partial charge in [-0.3, -0.25) is 0 Å². The molecule has 2 aromatic rings. The third kappa shape index (κ3) is 2.18. The average Bonchev–Trinajstić information content (AvgIpc) is 2.86. The molecule has 0 N–H and O–H groups in total. The summed E-state index contributed by atoms with van der Waals surface area (Å²) in [6, 6.07) is 15.1. The van der Waals surface area contributed by atoms with E-state index in [0.717, 1.165) is 6.67 Å². The zero-order chi connectivity index (χ0) is 14.1. The minimum Gasteiger partial charge on any atom is -0.361 e. The first kappa shape index (κ1) is 12.8. The summed E-state index contributed by atoms with van der Waals surface area (Å²) in [4.78, 5) is 4.47. The van der Waals surface area contributed by atoms with Crippen LogP contribution in [0.1, 0.15) is 11.1 Å². The van der Waals surface area contributed by atoms with Crippen LogP contribution in [0, 0.1) is 13.8 Å². The fourth-order valence-corrected chi connectivity index (χ4v) is 2.86. The van der Waals surface area contributed by atoms with E-state index in [4.69, 9.17) is 0 Å². The second-order valence-corrected chi connectivity index (χ2v) is 5.45. The van der Waals surface area contributed by atoms with Crippen molar-refractivity contribution >= 4 is 5.69 Å². The first-order chi connectivity index (χ1) is 9.66. The number of anilines is 1. The second kappa shape index (κ2) is 5.04. The van der Waals surface area contributed by atoms with Crippen LogP contribution in [-0.4, -0.2) is 18.6 Å². The molecule has 0 bridgehead atoms. The molecular formula is C18H20N2. The summed E-state index contributed by atoms with van der Waals surface area (Å²) in [6.45, 7) is 5.28. The number of aryl methyl sites for hydroxylation is 2. The number of benzene rings is 2. The summed E-state index contributed by atoms with van der Waals surface area (Å²) in [7, 11) is 2.10. The van der Waals surface area contributed by atoms with Crippen LogP contribution in [0.15, 0.2) is 54.9 Å². The summed E-state index contributed by atoms with van der Waals surface area (Å²) in [5.74, 6) is 0. The molecule has 1 heterocycles. The molecule has 0 spiro atoms. The molecule has 1 aliphatic heterocycles. The van der Waals surface area contributed by atoms with Crippen molar-refractivity contribution in [3.63, 3.8) is 0 Å². The van der Waals surface area contributed by atoms with Gasteiger partial charge in [-0.2, -0.15) is 0 Å². The van der Waals surface area contributed by atoms with Crippen LogP contribution in [0.3, 0.4) is 0 Å². The van der Waals surface area contributed by atoms with E-state index in [2.05, 4.69) is 85.6 Å². The first-order valence-electron chi connectivity index (χ1n) is 6.97.